The van der Waals surface area contributed by atoms with Crippen LogP contribution in [-0.4, -0.2) is 49.5 Å². The van der Waals surface area contributed by atoms with E-state index in [4.69, 9.17) is 0 Å². The molecule has 158 valence electrons. The molecule has 0 bridgehead atoms. The summed E-state index contributed by atoms with van der Waals surface area (Å²) in [4.78, 5) is 25.8. The molecule has 0 unspecified atom stereocenters. The van der Waals surface area contributed by atoms with Crippen molar-refractivity contribution in [3.05, 3.63) is 29.8 Å². The summed E-state index contributed by atoms with van der Waals surface area (Å²) in [5.74, 6) is 0.0621. The second-order valence-corrected chi connectivity index (χ2v) is 8.17. The molecule has 2 amide bonds. The first-order chi connectivity index (χ1) is 13.7. The van der Waals surface area contributed by atoms with Gasteiger partial charge in [0, 0.05) is 30.5 Å². The Bertz CT molecular complexity index is 809. The van der Waals surface area contributed by atoms with Crippen molar-refractivity contribution >= 4 is 12.0 Å². The lowest BCUT2D eigenvalue weighted by atomic mass is 9.78. The Balaban J connectivity index is 1.33. The number of halogens is 3. The van der Waals surface area contributed by atoms with Gasteiger partial charge in [-0.3, -0.25) is 4.79 Å². The van der Waals surface area contributed by atoms with Crippen LogP contribution in [0, 0.1) is 11.8 Å². The fraction of sp³-hybridized carbons (Fsp3) is 0.600. The molecular formula is C20H23F3N2O4. The SMILES string of the molecule is COC(=O)N[C@H]1C[C@@H](C(=O)N2CC[C@@]3(c4cccc(OC(F)(F)F)c4)C[C@H]3C2)C1. The van der Waals surface area contributed by atoms with Crippen molar-refractivity contribution < 1.29 is 32.2 Å². The molecule has 1 aliphatic heterocycles. The van der Waals surface area contributed by atoms with E-state index in [9.17, 15) is 22.8 Å². The number of methoxy groups -OCH3 is 1. The van der Waals surface area contributed by atoms with Gasteiger partial charge in [-0.2, -0.15) is 0 Å². The molecule has 0 spiro atoms. The molecule has 3 aliphatic rings. The lowest BCUT2D eigenvalue weighted by molar-refractivity contribution is -0.274. The Hall–Kier alpha value is -2.45. The maximum absolute atomic E-state index is 12.7. The van der Waals surface area contributed by atoms with E-state index in [1.165, 1.54) is 19.2 Å². The highest BCUT2D eigenvalue weighted by atomic mass is 19.4. The average molecular weight is 412 g/mol. The fourth-order valence-corrected chi connectivity index (χ4v) is 4.74. The Labute approximate surface area is 166 Å². The zero-order chi connectivity index (χ0) is 20.8. The largest absolute Gasteiger partial charge is 0.573 e. The topological polar surface area (TPSA) is 67.9 Å². The van der Waals surface area contributed by atoms with E-state index in [2.05, 4.69) is 14.8 Å². The van der Waals surface area contributed by atoms with Crippen LogP contribution < -0.4 is 10.1 Å². The number of alkyl halides is 3. The number of nitrogens with one attached hydrogen (secondary N) is 1. The maximum atomic E-state index is 12.7. The monoisotopic (exact) mass is 412 g/mol. The molecular weight excluding hydrogens is 389 g/mol. The molecule has 0 aromatic heterocycles. The zero-order valence-corrected chi connectivity index (χ0v) is 16.0. The summed E-state index contributed by atoms with van der Waals surface area (Å²) in [6, 6.07) is 6.17. The van der Waals surface area contributed by atoms with E-state index in [1.54, 1.807) is 6.07 Å². The highest BCUT2D eigenvalue weighted by molar-refractivity contribution is 5.80. The second-order valence-electron chi connectivity index (χ2n) is 8.17. The second kappa shape index (κ2) is 7.11. The van der Waals surface area contributed by atoms with Gasteiger partial charge < -0.3 is 19.7 Å². The van der Waals surface area contributed by atoms with Crippen LogP contribution in [0.15, 0.2) is 24.3 Å². The number of hydrogen-bond donors (Lipinski definition) is 1. The lowest BCUT2D eigenvalue weighted by Gasteiger charge is -2.40. The van der Waals surface area contributed by atoms with Gasteiger partial charge >= 0.3 is 12.5 Å². The quantitative estimate of drug-likeness (QED) is 0.825. The third-order valence-corrected chi connectivity index (χ3v) is 6.45. The lowest BCUT2D eigenvalue weighted by Crippen LogP contribution is -2.52. The molecule has 2 saturated carbocycles. The molecule has 3 fully saturated rings. The first-order valence-electron chi connectivity index (χ1n) is 9.70. The number of hydrogen-bond acceptors (Lipinski definition) is 4. The minimum absolute atomic E-state index is 0.0300. The minimum Gasteiger partial charge on any atom is -0.453 e. The summed E-state index contributed by atoms with van der Waals surface area (Å²) in [5, 5.41) is 2.70. The summed E-state index contributed by atoms with van der Waals surface area (Å²) in [7, 11) is 1.30. The van der Waals surface area contributed by atoms with Crippen LogP contribution in [0.2, 0.25) is 0 Å². The number of ether oxygens (including phenoxy) is 2. The van der Waals surface area contributed by atoms with Gasteiger partial charge in [-0.1, -0.05) is 12.1 Å². The van der Waals surface area contributed by atoms with E-state index >= 15 is 0 Å². The molecule has 1 aromatic carbocycles. The van der Waals surface area contributed by atoms with E-state index in [0.29, 0.717) is 25.9 Å². The summed E-state index contributed by atoms with van der Waals surface area (Å²) < 4.78 is 46.1. The average Bonchev–Trinajstić information content (AvgIpc) is 3.37. The van der Waals surface area contributed by atoms with Gasteiger partial charge in [-0.05, 0) is 49.3 Å². The molecule has 0 radical (unpaired) electrons. The van der Waals surface area contributed by atoms with Crippen molar-refractivity contribution in [3.8, 4) is 5.75 Å². The Morgan fingerprint density at radius 1 is 1.28 bits per heavy atom. The normalized spacial score (nSPS) is 30.6. The van der Waals surface area contributed by atoms with Crippen LogP contribution in [0.4, 0.5) is 18.0 Å². The van der Waals surface area contributed by atoms with E-state index in [-0.39, 0.29) is 34.9 Å². The minimum atomic E-state index is -4.71. The highest BCUT2D eigenvalue weighted by Crippen LogP contribution is 2.59. The van der Waals surface area contributed by atoms with Crippen LogP contribution >= 0.6 is 0 Å². The van der Waals surface area contributed by atoms with Crippen molar-refractivity contribution in [1.82, 2.24) is 10.2 Å². The summed E-state index contributed by atoms with van der Waals surface area (Å²) >= 11 is 0. The number of piperidine rings is 1. The number of amides is 2. The predicted octanol–water partition coefficient (Wildman–Crippen LogP) is 3.21. The summed E-state index contributed by atoms with van der Waals surface area (Å²) in [6.07, 6.45) is -2.39. The number of alkyl carbamates (subject to hydrolysis) is 1. The Morgan fingerprint density at radius 2 is 2.03 bits per heavy atom. The third kappa shape index (κ3) is 4.00. The van der Waals surface area contributed by atoms with Gasteiger partial charge in [0.05, 0.1) is 7.11 Å². The summed E-state index contributed by atoms with van der Waals surface area (Å²) in [6.45, 7) is 1.21. The first-order valence-corrected chi connectivity index (χ1v) is 9.70. The van der Waals surface area contributed by atoms with Crippen LogP contribution in [0.25, 0.3) is 0 Å². The Kier molecular flexibility index (Phi) is 4.86. The predicted molar refractivity (Wildman–Crippen MR) is 96.2 cm³/mol. The molecule has 1 aromatic rings. The van der Waals surface area contributed by atoms with Gasteiger partial charge in [0.25, 0.3) is 0 Å². The first kappa shape index (κ1) is 19.8. The standard InChI is InChI=1S/C20H23F3N2O4/c1-28-18(27)24-15-7-12(8-15)17(26)25-6-5-19(10-14(19)11-25)13-3-2-4-16(9-13)29-20(21,22)23/h2-4,9,12,14-15H,5-8,10-11H2,1H3,(H,24,27)/t12-,14-,15+,19-/m0/s1. The number of carbonyl (C=O) groups excluding carboxylic acids is 2. The van der Waals surface area contributed by atoms with E-state index < -0.39 is 12.5 Å². The van der Waals surface area contributed by atoms with Crippen molar-refractivity contribution in [2.45, 2.75) is 43.5 Å². The van der Waals surface area contributed by atoms with Crippen LogP contribution in [0.1, 0.15) is 31.2 Å². The smallest absolute Gasteiger partial charge is 0.453 e. The van der Waals surface area contributed by atoms with Crippen LogP contribution in [-0.2, 0) is 14.9 Å². The van der Waals surface area contributed by atoms with Crippen LogP contribution in [0.3, 0.4) is 0 Å². The molecule has 9 heteroatoms. The number of likely N-dealkylation sites (tertiary alicyclic amines) is 1. The van der Waals surface area contributed by atoms with Gasteiger partial charge in [0.15, 0.2) is 0 Å². The highest BCUT2D eigenvalue weighted by Gasteiger charge is 2.58. The van der Waals surface area contributed by atoms with Gasteiger partial charge in [0.2, 0.25) is 5.91 Å². The molecule has 4 rings (SSSR count). The summed E-state index contributed by atoms with van der Waals surface area (Å²) in [5.41, 5.74) is 0.693. The molecule has 1 N–H and O–H groups in total. The number of carbonyl (C=O) groups is 2. The number of fused-ring (bicyclic) bond motifs is 1. The molecule has 2 aliphatic carbocycles. The molecule has 29 heavy (non-hydrogen) atoms. The number of rotatable bonds is 4. The van der Waals surface area contributed by atoms with Crippen molar-refractivity contribution in [3.63, 3.8) is 0 Å². The fourth-order valence-electron chi connectivity index (χ4n) is 4.74. The molecule has 2 atom stereocenters. The van der Waals surface area contributed by atoms with E-state index in [1.807, 2.05) is 11.0 Å². The van der Waals surface area contributed by atoms with Gasteiger partial charge in [-0.25, -0.2) is 4.79 Å². The Morgan fingerprint density at radius 3 is 2.69 bits per heavy atom. The number of benzene rings is 1. The van der Waals surface area contributed by atoms with Crippen molar-refractivity contribution in [2.24, 2.45) is 11.8 Å². The molecule has 6 nitrogen and oxygen atoms in total. The zero-order valence-electron chi connectivity index (χ0n) is 16.0. The van der Waals surface area contributed by atoms with Gasteiger partial charge in [-0.15, -0.1) is 13.2 Å². The van der Waals surface area contributed by atoms with Crippen LogP contribution in [0.5, 0.6) is 5.75 Å². The number of nitrogens with zero attached hydrogens (tertiary/aromatic N) is 1. The maximum Gasteiger partial charge on any atom is 0.573 e. The molecule has 1 heterocycles. The van der Waals surface area contributed by atoms with Gasteiger partial charge in [0.1, 0.15) is 5.75 Å². The van der Waals surface area contributed by atoms with E-state index in [0.717, 1.165) is 18.4 Å². The van der Waals surface area contributed by atoms with Crippen molar-refractivity contribution in [2.75, 3.05) is 20.2 Å². The molecule has 1 saturated heterocycles. The van der Waals surface area contributed by atoms with Crippen molar-refractivity contribution in [1.29, 1.82) is 0 Å². The third-order valence-electron chi connectivity index (χ3n) is 6.45.